The first-order chi connectivity index (χ1) is 18.8. The van der Waals surface area contributed by atoms with Crippen LogP contribution in [0, 0.1) is 10.1 Å². The van der Waals surface area contributed by atoms with E-state index in [0.29, 0.717) is 43.3 Å². The second-order valence-corrected chi connectivity index (χ2v) is 9.66. The van der Waals surface area contributed by atoms with Gasteiger partial charge in [0.15, 0.2) is 4.80 Å². The van der Waals surface area contributed by atoms with Crippen molar-refractivity contribution in [1.29, 1.82) is 0 Å². The highest BCUT2D eigenvalue weighted by Gasteiger charge is 2.33. The number of thiazole rings is 1. The zero-order valence-electron chi connectivity index (χ0n) is 21.4. The Morgan fingerprint density at radius 3 is 2.64 bits per heavy atom. The fourth-order valence-corrected chi connectivity index (χ4v) is 5.57. The van der Waals surface area contributed by atoms with E-state index in [2.05, 4.69) is 4.99 Å². The molecule has 39 heavy (non-hydrogen) atoms. The lowest BCUT2D eigenvalue weighted by molar-refractivity contribution is -0.384. The van der Waals surface area contributed by atoms with Crippen LogP contribution in [0.25, 0.3) is 11.8 Å². The summed E-state index contributed by atoms with van der Waals surface area (Å²) >= 11 is 1.22. The Labute approximate surface area is 226 Å². The molecule has 11 heteroatoms. The van der Waals surface area contributed by atoms with E-state index in [9.17, 15) is 19.7 Å². The molecule has 5 rings (SSSR count). The monoisotopic (exact) mass is 544 g/mol. The maximum atomic E-state index is 13.9. The number of allylic oxidation sites excluding steroid dienone is 1. The van der Waals surface area contributed by atoms with Crippen LogP contribution < -0.4 is 19.6 Å². The highest BCUT2D eigenvalue weighted by Crippen LogP contribution is 2.32. The van der Waals surface area contributed by atoms with Crippen LogP contribution in [0.1, 0.15) is 31.1 Å². The Morgan fingerprint density at radius 1 is 1.18 bits per heavy atom. The van der Waals surface area contributed by atoms with Crippen molar-refractivity contribution in [3.63, 3.8) is 0 Å². The normalized spacial score (nSPS) is 15.1. The topological polar surface area (TPSA) is 118 Å². The number of benzene rings is 2. The number of carbonyl (C=O) groups is 1. The van der Waals surface area contributed by atoms with Gasteiger partial charge in [0.05, 0.1) is 40.5 Å². The van der Waals surface area contributed by atoms with Crippen molar-refractivity contribution in [2.45, 2.75) is 19.9 Å². The molecule has 0 saturated heterocycles. The molecule has 1 atom stereocenters. The number of nitrogens with zero attached hydrogens (tertiary/aromatic N) is 4. The molecular formula is C28H24N4O6S. The molecule has 0 bridgehead atoms. The summed E-state index contributed by atoms with van der Waals surface area (Å²) in [4.78, 5) is 42.6. The molecule has 0 amide bonds. The molecule has 2 aromatic heterocycles. The molecule has 0 fully saturated rings. The Bertz CT molecular complexity index is 1800. The second-order valence-electron chi connectivity index (χ2n) is 8.66. The van der Waals surface area contributed by atoms with Crippen LogP contribution in [0.4, 0.5) is 5.69 Å². The summed E-state index contributed by atoms with van der Waals surface area (Å²) in [5, 5.41) is 11.0. The maximum Gasteiger partial charge on any atom is 0.338 e. The quantitative estimate of drug-likeness (QED) is 0.200. The Balaban J connectivity index is 1.67. The molecule has 0 N–H and O–H groups in total. The number of carbonyl (C=O) groups excluding carboxylic acids is 1. The van der Waals surface area contributed by atoms with E-state index in [0.717, 1.165) is 0 Å². The minimum atomic E-state index is -0.751. The first-order valence-electron chi connectivity index (χ1n) is 12.1. The predicted octanol–water partition coefficient (Wildman–Crippen LogP) is 3.51. The van der Waals surface area contributed by atoms with Crippen molar-refractivity contribution >= 4 is 29.1 Å². The van der Waals surface area contributed by atoms with Crippen LogP contribution in [-0.4, -0.2) is 33.7 Å². The summed E-state index contributed by atoms with van der Waals surface area (Å²) in [5.41, 5.74) is 2.55. The zero-order chi connectivity index (χ0) is 27.7. The first kappa shape index (κ1) is 25.9. The van der Waals surface area contributed by atoms with E-state index in [4.69, 9.17) is 9.47 Å². The molecule has 0 radical (unpaired) electrons. The molecular weight excluding hydrogens is 520 g/mol. The van der Waals surface area contributed by atoms with Crippen LogP contribution >= 0.6 is 11.3 Å². The summed E-state index contributed by atoms with van der Waals surface area (Å²) in [6, 6.07) is 16.3. The first-order valence-corrected chi connectivity index (χ1v) is 12.9. The molecule has 0 saturated carbocycles. The average molecular weight is 545 g/mol. The Morgan fingerprint density at radius 2 is 1.95 bits per heavy atom. The van der Waals surface area contributed by atoms with Crippen molar-refractivity contribution in [2.24, 2.45) is 4.99 Å². The predicted molar refractivity (Wildman–Crippen MR) is 146 cm³/mol. The van der Waals surface area contributed by atoms with E-state index in [1.165, 1.54) is 28.0 Å². The lowest BCUT2D eigenvalue weighted by Gasteiger charge is -2.25. The minimum Gasteiger partial charge on any atom is -0.497 e. The molecule has 3 heterocycles. The zero-order valence-corrected chi connectivity index (χ0v) is 22.2. The summed E-state index contributed by atoms with van der Waals surface area (Å²) in [7, 11) is 1.55. The second kappa shape index (κ2) is 10.5. The van der Waals surface area contributed by atoms with Gasteiger partial charge in [-0.05, 0) is 61.9 Å². The number of ether oxygens (including phenoxy) is 2. The fraction of sp³-hybridized carbons (Fsp3) is 0.179. The number of aromatic nitrogens is 2. The number of rotatable bonds is 7. The van der Waals surface area contributed by atoms with Gasteiger partial charge < -0.3 is 14.0 Å². The number of esters is 1. The number of hydrogen-bond donors (Lipinski definition) is 0. The van der Waals surface area contributed by atoms with Gasteiger partial charge in [0.1, 0.15) is 5.75 Å². The van der Waals surface area contributed by atoms with Crippen molar-refractivity contribution in [3.05, 3.63) is 119 Å². The van der Waals surface area contributed by atoms with Crippen LogP contribution in [0.3, 0.4) is 0 Å². The largest absolute Gasteiger partial charge is 0.497 e. The van der Waals surface area contributed by atoms with E-state index >= 15 is 0 Å². The third kappa shape index (κ3) is 4.79. The van der Waals surface area contributed by atoms with Crippen LogP contribution in [0.15, 0.2) is 87.9 Å². The summed E-state index contributed by atoms with van der Waals surface area (Å²) in [6.07, 6.45) is 3.56. The molecule has 0 unspecified atom stereocenters. The molecule has 0 spiro atoms. The van der Waals surface area contributed by atoms with E-state index in [1.54, 1.807) is 57.4 Å². The number of nitro groups is 1. The molecule has 198 valence electrons. The van der Waals surface area contributed by atoms with Gasteiger partial charge in [0, 0.05) is 29.7 Å². The number of non-ortho nitro benzene ring substituents is 1. The molecule has 2 aromatic carbocycles. The van der Waals surface area contributed by atoms with Gasteiger partial charge in [0.25, 0.3) is 11.2 Å². The SMILES string of the molecule is CCOC(=O)C1=C(C)N=c2s/c(=C/c3cccn3-c3ccc([N+](=O)[O-])cc3)c(=O)n2[C@@H]1c1cccc(OC)c1. The van der Waals surface area contributed by atoms with Crippen molar-refractivity contribution in [2.75, 3.05) is 13.7 Å². The van der Waals surface area contributed by atoms with Gasteiger partial charge in [-0.15, -0.1) is 0 Å². The van der Waals surface area contributed by atoms with Gasteiger partial charge in [-0.3, -0.25) is 19.5 Å². The number of hydrogen-bond acceptors (Lipinski definition) is 8. The van der Waals surface area contributed by atoms with Gasteiger partial charge in [0.2, 0.25) is 0 Å². The standard InChI is InChI=1S/C28H24N4O6S/c1-4-38-27(34)24-17(2)29-28-31(25(24)18-7-5-9-22(15-18)37-3)26(33)23(39-28)16-21-8-6-14-30(21)19-10-12-20(13-11-19)32(35)36/h5-16,25H,4H2,1-3H3/b23-16+/t25-/m1/s1. The van der Waals surface area contributed by atoms with E-state index in [1.807, 2.05) is 29.0 Å². The van der Waals surface area contributed by atoms with E-state index in [-0.39, 0.29) is 17.9 Å². The van der Waals surface area contributed by atoms with Gasteiger partial charge in [-0.1, -0.05) is 23.5 Å². The number of methoxy groups -OCH3 is 1. The summed E-state index contributed by atoms with van der Waals surface area (Å²) in [5.74, 6) is 0.0568. The molecule has 1 aliphatic rings. The Hall–Kier alpha value is -4.77. The average Bonchev–Trinajstić information content (AvgIpc) is 3.52. The van der Waals surface area contributed by atoms with Crippen molar-refractivity contribution in [3.8, 4) is 11.4 Å². The summed E-state index contributed by atoms with van der Waals surface area (Å²) in [6.45, 7) is 3.64. The maximum absolute atomic E-state index is 13.9. The van der Waals surface area contributed by atoms with Gasteiger partial charge in [-0.25, -0.2) is 9.79 Å². The number of nitro benzene ring substituents is 1. The van der Waals surface area contributed by atoms with Crippen LogP contribution in [-0.2, 0) is 9.53 Å². The van der Waals surface area contributed by atoms with Crippen molar-refractivity contribution < 1.29 is 19.2 Å². The molecule has 0 aliphatic carbocycles. The molecule has 1 aliphatic heterocycles. The lowest BCUT2D eigenvalue weighted by Crippen LogP contribution is -2.40. The van der Waals surface area contributed by atoms with Crippen LogP contribution in [0.5, 0.6) is 5.75 Å². The molecule has 4 aromatic rings. The minimum absolute atomic E-state index is 0.00826. The third-order valence-corrected chi connectivity index (χ3v) is 7.31. The highest BCUT2D eigenvalue weighted by atomic mass is 32.1. The third-order valence-electron chi connectivity index (χ3n) is 6.32. The van der Waals surface area contributed by atoms with E-state index < -0.39 is 16.9 Å². The highest BCUT2D eigenvalue weighted by molar-refractivity contribution is 7.07. The van der Waals surface area contributed by atoms with Crippen molar-refractivity contribution in [1.82, 2.24) is 9.13 Å². The fourth-order valence-electron chi connectivity index (χ4n) is 4.53. The number of fused-ring (bicyclic) bond motifs is 1. The van der Waals surface area contributed by atoms with Gasteiger partial charge >= 0.3 is 5.97 Å². The van der Waals surface area contributed by atoms with Crippen LogP contribution in [0.2, 0.25) is 0 Å². The molecule has 10 nitrogen and oxygen atoms in total. The smallest absolute Gasteiger partial charge is 0.338 e. The van der Waals surface area contributed by atoms with Gasteiger partial charge in [-0.2, -0.15) is 0 Å². The lowest BCUT2D eigenvalue weighted by atomic mass is 9.95. The summed E-state index contributed by atoms with van der Waals surface area (Å²) < 4.78 is 14.5. The Kier molecular flexibility index (Phi) is 6.99.